The molecule has 1 N–H and O–H groups in total. The Bertz CT molecular complexity index is 647. The lowest BCUT2D eigenvalue weighted by Crippen LogP contribution is -2.47. The first-order valence-electron chi connectivity index (χ1n) is 10.3. The second-order valence-corrected chi connectivity index (χ2v) is 7.97. The molecule has 2 fully saturated rings. The number of morpholine rings is 1. The van der Waals surface area contributed by atoms with Gasteiger partial charge < -0.3 is 15.0 Å². The Balaban J connectivity index is 1.64. The fourth-order valence-electron chi connectivity index (χ4n) is 4.20. The van der Waals surface area contributed by atoms with E-state index in [9.17, 15) is 4.79 Å². The first kappa shape index (κ1) is 20.4. The van der Waals surface area contributed by atoms with E-state index in [0.29, 0.717) is 5.92 Å². The van der Waals surface area contributed by atoms with Gasteiger partial charge in [-0.3, -0.25) is 4.90 Å². The number of rotatable bonds is 5. The van der Waals surface area contributed by atoms with Crippen LogP contribution in [0.3, 0.4) is 0 Å². The molecular formula is C21H32ClN3O2. The fraction of sp³-hybridized carbons (Fsp3) is 0.667. The first-order valence-corrected chi connectivity index (χ1v) is 10.7. The topological polar surface area (TPSA) is 44.8 Å². The summed E-state index contributed by atoms with van der Waals surface area (Å²) in [5, 5.41) is 3.92. The molecule has 1 atom stereocenters. The number of anilines is 1. The molecule has 2 aliphatic rings. The van der Waals surface area contributed by atoms with Gasteiger partial charge in [0, 0.05) is 37.7 Å². The molecular weight excluding hydrogens is 362 g/mol. The molecule has 0 radical (unpaired) electrons. The summed E-state index contributed by atoms with van der Waals surface area (Å²) < 4.78 is 5.44. The van der Waals surface area contributed by atoms with Gasteiger partial charge in [0.25, 0.3) is 0 Å². The molecule has 0 aromatic heterocycles. The summed E-state index contributed by atoms with van der Waals surface area (Å²) in [5.74, 6) is 0.540. The van der Waals surface area contributed by atoms with Crippen LogP contribution in [0.4, 0.5) is 10.5 Å². The van der Waals surface area contributed by atoms with E-state index in [1.807, 2.05) is 17.0 Å². The van der Waals surface area contributed by atoms with Gasteiger partial charge in [0.15, 0.2) is 0 Å². The molecule has 0 aliphatic carbocycles. The van der Waals surface area contributed by atoms with Gasteiger partial charge in [0.1, 0.15) is 0 Å². The van der Waals surface area contributed by atoms with Gasteiger partial charge in [-0.15, -0.1) is 0 Å². The van der Waals surface area contributed by atoms with Crippen LogP contribution in [-0.4, -0.2) is 61.8 Å². The Labute approximate surface area is 168 Å². The number of carbonyl (C=O) groups excluding carboxylic acids is 1. The Kier molecular flexibility index (Phi) is 7.39. The zero-order valence-corrected chi connectivity index (χ0v) is 17.4. The van der Waals surface area contributed by atoms with Gasteiger partial charge in [-0.2, -0.15) is 0 Å². The zero-order valence-electron chi connectivity index (χ0n) is 16.6. The van der Waals surface area contributed by atoms with Crippen molar-refractivity contribution in [1.29, 1.82) is 0 Å². The number of piperidine rings is 1. The number of aryl methyl sites for hydroxylation is 1. The molecule has 5 nitrogen and oxygen atoms in total. The predicted octanol–water partition coefficient (Wildman–Crippen LogP) is 4.04. The summed E-state index contributed by atoms with van der Waals surface area (Å²) in [6.07, 6.45) is 3.94. The van der Waals surface area contributed by atoms with Crippen molar-refractivity contribution < 1.29 is 9.53 Å². The van der Waals surface area contributed by atoms with E-state index >= 15 is 0 Å². The number of hydrogen-bond acceptors (Lipinski definition) is 3. The molecule has 3 rings (SSSR count). The monoisotopic (exact) mass is 393 g/mol. The average molecular weight is 394 g/mol. The molecule has 2 saturated heterocycles. The van der Waals surface area contributed by atoms with Gasteiger partial charge in [-0.05, 0) is 48.8 Å². The molecule has 2 aliphatic heterocycles. The lowest BCUT2D eigenvalue weighted by atomic mass is 9.97. The quantitative estimate of drug-likeness (QED) is 0.821. The zero-order chi connectivity index (χ0) is 19.2. The van der Waals surface area contributed by atoms with E-state index in [1.54, 1.807) is 0 Å². The van der Waals surface area contributed by atoms with E-state index in [4.69, 9.17) is 16.3 Å². The maximum atomic E-state index is 13.0. The SMILES string of the molecule is CCc1ccc(Cl)c(CC)c1NC(=O)N1CCC[C@H](CN2CCOCC2)C1. The first-order chi connectivity index (χ1) is 13.1. The number of ether oxygens (including phenoxy) is 1. The molecule has 0 spiro atoms. The van der Waals surface area contributed by atoms with Gasteiger partial charge in [0.2, 0.25) is 0 Å². The third-order valence-electron chi connectivity index (χ3n) is 5.73. The van der Waals surface area contributed by atoms with Crippen LogP contribution in [0.5, 0.6) is 0 Å². The number of halogens is 1. The largest absolute Gasteiger partial charge is 0.379 e. The number of nitrogens with zero attached hydrogens (tertiary/aromatic N) is 2. The highest BCUT2D eigenvalue weighted by atomic mass is 35.5. The van der Waals surface area contributed by atoms with Crippen LogP contribution < -0.4 is 5.32 Å². The highest BCUT2D eigenvalue weighted by Gasteiger charge is 2.26. The van der Waals surface area contributed by atoms with Crippen molar-refractivity contribution in [3.63, 3.8) is 0 Å². The molecule has 2 amide bonds. The van der Waals surface area contributed by atoms with Crippen LogP contribution in [0.15, 0.2) is 12.1 Å². The minimum Gasteiger partial charge on any atom is -0.379 e. The molecule has 0 saturated carbocycles. The molecule has 0 unspecified atom stereocenters. The van der Waals surface area contributed by atoms with E-state index in [-0.39, 0.29) is 6.03 Å². The van der Waals surface area contributed by atoms with E-state index in [2.05, 4.69) is 24.1 Å². The van der Waals surface area contributed by atoms with Crippen molar-refractivity contribution in [2.24, 2.45) is 5.92 Å². The smallest absolute Gasteiger partial charge is 0.321 e. The summed E-state index contributed by atoms with van der Waals surface area (Å²) in [6, 6.07) is 3.97. The lowest BCUT2D eigenvalue weighted by molar-refractivity contribution is 0.0252. The molecule has 150 valence electrons. The molecule has 2 heterocycles. The highest BCUT2D eigenvalue weighted by molar-refractivity contribution is 6.31. The number of nitrogens with one attached hydrogen (secondary N) is 1. The standard InChI is InChI=1S/C21H32ClN3O2/c1-3-17-7-8-19(22)18(4-2)20(17)23-21(26)25-9-5-6-16(15-25)14-24-10-12-27-13-11-24/h7-8,16H,3-6,9-15H2,1-2H3,(H,23,26)/t16-/m1/s1. The van der Waals surface area contributed by atoms with Crippen molar-refractivity contribution in [2.45, 2.75) is 39.5 Å². The second-order valence-electron chi connectivity index (χ2n) is 7.56. The van der Waals surface area contributed by atoms with Crippen LogP contribution in [0.1, 0.15) is 37.8 Å². The summed E-state index contributed by atoms with van der Waals surface area (Å²) in [5.41, 5.74) is 3.09. The van der Waals surface area contributed by atoms with Crippen LogP contribution in [-0.2, 0) is 17.6 Å². The maximum absolute atomic E-state index is 13.0. The summed E-state index contributed by atoms with van der Waals surface area (Å²) in [4.78, 5) is 17.4. The third kappa shape index (κ3) is 5.15. The van der Waals surface area contributed by atoms with Crippen molar-refractivity contribution >= 4 is 23.3 Å². The highest BCUT2D eigenvalue weighted by Crippen LogP contribution is 2.30. The Morgan fingerprint density at radius 3 is 2.70 bits per heavy atom. The van der Waals surface area contributed by atoms with Crippen LogP contribution in [0.2, 0.25) is 5.02 Å². The predicted molar refractivity (Wildman–Crippen MR) is 111 cm³/mol. The van der Waals surface area contributed by atoms with Crippen LogP contribution >= 0.6 is 11.6 Å². The average Bonchev–Trinajstić information content (AvgIpc) is 2.69. The number of hydrogen-bond donors (Lipinski definition) is 1. The number of likely N-dealkylation sites (tertiary alicyclic amines) is 1. The van der Waals surface area contributed by atoms with E-state index < -0.39 is 0 Å². The summed E-state index contributed by atoms with van der Waals surface area (Å²) >= 11 is 6.38. The molecule has 27 heavy (non-hydrogen) atoms. The van der Waals surface area contributed by atoms with E-state index in [1.165, 1.54) is 6.42 Å². The normalized spacial score (nSPS) is 21.3. The Hall–Kier alpha value is -1.30. The van der Waals surface area contributed by atoms with Crippen molar-refractivity contribution in [3.8, 4) is 0 Å². The minimum atomic E-state index is 0.00773. The number of carbonyl (C=O) groups is 1. The van der Waals surface area contributed by atoms with Crippen molar-refractivity contribution in [1.82, 2.24) is 9.80 Å². The van der Waals surface area contributed by atoms with E-state index in [0.717, 1.165) is 87.0 Å². The molecule has 1 aromatic carbocycles. The summed E-state index contributed by atoms with van der Waals surface area (Å²) in [7, 11) is 0. The molecule has 6 heteroatoms. The van der Waals surface area contributed by atoms with Crippen LogP contribution in [0, 0.1) is 5.92 Å². The van der Waals surface area contributed by atoms with Crippen LogP contribution in [0.25, 0.3) is 0 Å². The van der Waals surface area contributed by atoms with Crippen molar-refractivity contribution in [2.75, 3.05) is 51.3 Å². The summed E-state index contributed by atoms with van der Waals surface area (Å²) in [6.45, 7) is 10.6. The van der Waals surface area contributed by atoms with Gasteiger partial charge >= 0.3 is 6.03 Å². The van der Waals surface area contributed by atoms with Gasteiger partial charge in [-0.25, -0.2) is 4.79 Å². The minimum absolute atomic E-state index is 0.00773. The Morgan fingerprint density at radius 1 is 1.22 bits per heavy atom. The van der Waals surface area contributed by atoms with Gasteiger partial charge in [-0.1, -0.05) is 31.5 Å². The fourth-order valence-corrected chi connectivity index (χ4v) is 4.49. The number of amides is 2. The number of benzene rings is 1. The number of urea groups is 1. The second kappa shape index (κ2) is 9.76. The molecule has 0 bridgehead atoms. The lowest BCUT2D eigenvalue weighted by Gasteiger charge is -2.37. The maximum Gasteiger partial charge on any atom is 0.321 e. The van der Waals surface area contributed by atoms with Gasteiger partial charge in [0.05, 0.1) is 18.9 Å². The Morgan fingerprint density at radius 2 is 2.00 bits per heavy atom. The van der Waals surface area contributed by atoms with Crippen molar-refractivity contribution in [3.05, 3.63) is 28.3 Å². The third-order valence-corrected chi connectivity index (χ3v) is 6.09. The molecule has 1 aromatic rings.